The zero-order valence-electron chi connectivity index (χ0n) is 12.4. The minimum absolute atomic E-state index is 0.187. The Bertz CT molecular complexity index is 496. The summed E-state index contributed by atoms with van der Waals surface area (Å²) < 4.78 is 13.2. The van der Waals surface area contributed by atoms with Gasteiger partial charge in [0, 0.05) is 18.1 Å². The van der Waals surface area contributed by atoms with E-state index in [9.17, 15) is 4.39 Å². The first-order valence-corrected chi connectivity index (χ1v) is 8.08. The second kappa shape index (κ2) is 6.21. The molecule has 0 saturated carbocycles. The number of halogens is 2. The standard InChI is InChI=1S/C16H23ClFN3/c1-21-12-3-4-13(21)9-11(8-12)16(20-19)7-10-2-5-15(18)14(17)6-10/h2,5-6,11-13,16,20H,3-4,7-9,19H2,1H3. The molecule has 116 valence electrons. The fourth-order valence-corrected chi connectivity index (χ4v) is 4.27. The van der Waals surface area contributed by atoms with Gasteiger partial charge in [-0.2, -0.15) is 0 Å². The monoisotopic (exact) mass is 311 g/mol. The highest BCUT2D eigenvalue weighted by molar-refractivity contribution is 6.30. The molecule has 2 bridgehead atoms. The van der Waals surface area contributed by atoms with Crippen LogP contribution in [-0.4, -0.2) is 30.1 Å². The molecule has 0 aromatic heterocycles. The summed E-state index contributed by atoms with van der Waals surface area (Å²) in [6.07, 6.45) is 5.78. The summed E-state index contributed by atoms with van der Waals surface area (Å²) in [5.74, 6) is 6.01. The Kier molecular flexibility index (Phi) is 4.50. The molecule has 3 rings (SSSR count). The van der Waals surface area contributed by atoms with Gasteiger partial charge < -0.3 is 4.90 Å². The van der Waals surface area contributed by atoms with E-state index < -0.39 is 0 Å². The lowest BCUT2D eigenvalue weighted by molar-refractivity contribution is 0.112. The third kappa shape index (κ3) is 3.09. The molecule has 0 radical (unpaired) electrons. The molecule has 1 aromatic carbocycles. The molecular weight excluding hydrogens is 289 g/mol. The quantitative estimate of drug-likeness (QED) is 0.663. The van der Waals surface area contributed by atoms with E-state index in [-0.39, 0.29) is 16.9 Å². The van der Waals surface area contributed by atoms with Gasteiger partial charge in [-0.05, 0) is 62.8 Å². The predicted molar refractivity (Wildman–Crippen MR) is 83.5 cm³/mol. The Labute approximate surface area is 130 Å². The SMILES string of the molecule is CN1C2CCC1CC(C(Cc1ccc(F)c(Cl)c1)NN)C2. The van der Waals surface area contributed by atoms with Gasteiger partial charge in [0.2, 0.25) is 0 Å². The fourth-order valence-electron chi connectivity index (χ4n) is 4.06. The largest absolute Gasteiger partial charge is 0.300 e. The van der Waals surface area contributed by atoms with E-state index in [4.69, 9.17) is 17.4 Å². The highest BCUT2D eigenvalue weighted by Crippen LogP contribution is 2.39. The van der Waals surface area contributed by atoms with Gasteiger partial charge in [-0.3, -0.25) is 11.3 Å². The molecule has 2 fully saturated rings. The summed E-state index contributed by atoms with van der Waals surface area (Å²) in [5.41, 5.74) is 4.02. The van der Waals surface area contributed by atoms with Crippen LogP contribution in [0.3, 0.4) is 0 Å². The molecule has 3 nitrogen and oxygen atoms in total. The number of rotatable bonds is 4. The topological polar surface area (TPSA) is 41.3 Å². The van der Waals surface area contributed by atoms with Crippen molar-refractivity contribution in [3.8, 4) is 0 Å². The van der Waals surface area contributed by atoms with E-state index in [0.717, 1.165) is 12.0 Å². The number of hydrogen-bond acceptors (Lipinski definition) is 3. The molecule has 2 saturated heterocycles. The van der Waals surface area contributed by atoms with Gasteiger partial charge in [-0.25, -0.2) is 4.39 Å². The van der Waals surface area contributed by atoms with Crippen LogP contribution in [0.2, 0.25) is 5.02 Å². The normalized spacial score (nSPS) is 30.6. The highest BCUT2D eigenvalue weighted by Gasteiger charge is 2.40. The first-order chi connectivity index (χ1) is 10.1. The van der Waals surface area contributed by atoms with E-state index in [1.165, 1.54) is 31.7 Å². The van der Waals surface area contributed by atoms with Gasteiger partial charge >= 0.3 is 0 Å². The molecule has 1 aromatic rings. The van der Waals surface area contributed by atoms with Crippen LogP contribution in [0.4, 0.5) is 4.39 Å². The molecule has 0 aliphatic carbocycles. The van der Waals surface area contributed by atoms with Crippen LogP contribution in [0, 0.1) is 11.7 Å². The first kappa shape index (κ1) is 15.2. The Morgan fingerprint density at radius 2 is 2.05 bits per heavy atom. The Balaban J connectivity index is 1.69. The lowest BCUT2D eigenvalue weighted by Crippen LogP contribution is -2.49. The third-order valence-corrected chi connectivity index (χ3v) is 5.65. The fraction of sp³-hybridized carbons (Fsp3) is 0.625. The summed E-state index contributed by atoms with van der Waals surface area (Å²) in [6.45, 7) is 0. The Hall–Kier alpha value is -0.680. The number of piperidine rings is 1. The van der Waals surface area contributed by atoms with Crippen LogP contribution in [0.5, 0.6) is 0 Å². The van der Waals surface area contributed by atoms with E-state index in [1.54, 1.807) is 12.1 Å². The number of fused-ring (bicyclic) bond motifs is 2. The van der Waals surface area contributed by atoms with Crippen LogP contribution >= 0.6 is 11.6 Å². The molecule has 21 heavy (non-hydrogen) atoms. The van der Waals surface area contributed by atoms with Crippen molar-refractivity contribution in [1.29, 1.82) is 0 Å². The van der Waals surface area contributed by atoms with Crippen molar-refractivity contribution >= 4 is 11.6 Å². The van der Waals surface area contributed by atoms with Crippen molar-refractivity contribution in [3.05, 3.63) is 34.6 Å². The first-order valence-electron chi connectivity index (χ1n) is 7.70. The second-order valence-electron chi connectivity index (χ2n) is 6.51. The van der Waals surface area contributed by atoms with Crippen LogP contribution in [0.25, 0.3) is 0 Å². The maximum atomic E-state index is 13.2. The number of hydrazine groups is 1. The third-order valence-electron chi connectivity index (χ3n) is 5.36. The molecule has 0 spiro atoms. The van der Waals surface area contributed by atoms with Crippen LogP contribution in [0.1, 0.15) is 31.2 Å². The van der Waals surface area contributed by atoms with Gasteiger partial charge in [0.15, 0.2) is 0 Å². The predicted octanol–water partition coefficient (Wildman–Crippen LogP) is 2.73. The number of nitrogens with two attached hydrogens (primary N) is 1. The second-order valence-corrected chi connectivity index (χ2v) is 6.91. The number of benzene rings is 1. The van der Waals surface area contributed by atoms with E-state index >= 15 is 0 Å². The maximum Gasteiger partial charge on any atom is 0.141 e. The summed E-state index contributed by atoms with van der Waals surface area (Å²) in [5, 5.41) is 0.187. The lowest BCUT2D eigenvalue weighted by Gasteiger charge is -2.39. The summed E-state index contributed by atoms with van der Waals surface area (Å²) in [4.78, 5) is 2.53. The molecule has 3 N–H and O–H groups in total. The van der Waals surface area contributed by atoms with Crippen molar-refractivity contribution in [3.63, 3.8) is 0 Å². The molecule has 2 heterocycles. The Morgan fingerprint density at radius 1 is 1.38 bits per heavy atom. The van der Waals surface area contributed by atoms with Gasteiger partial charge in [-0.15, -0.1) is 0 Å². The van der Waals surface area contributed by atoms with Gasteiger partial charge in [0.05, 0.1) is 5.02 Å². The molecule has 2 aliphatic heterocycles. The molecule has 3 unspecified atom stereocenters. The van der Waals surface area contributed by atoms with Crippen molar-refractivity contribution in [2.24, 2.45) is 11.8 Å². The maximum absolute atomic E-state index is 13.2. The summed E-state index contributed by atoms with van der Waals surface area (Å²) >= 11 is 5.87. The Morgan fingerprint density at radius 3 is 2.62 bits per heavy atom. The van der Waals surface area contributed by atoms with Gasteiger partial charge in [0.25, 0.3) is 0 Å². The minimum Gasteiger partial charge on any atom is -0.300 e. The summed E-state index contributed by atoms with van der Waals surface area (Å²) in [6, 6.07) is 6.56. The number of nitrogens with zero attached hydrogens (tertiary/aromatic N) is 1. The van der Waals surface area contributed by atoms with E-state index in [1.807, 2.05) is 0 Å². The highest BCUT2D eigenvalue weighted by atomic mass is 35.5. The van der Waals surface area contributed by atoms with E-state index in [0.29, 0.717) is 18.0 Å². The van der Waals surface area contributed by atoms with Gasteiger partial charge in [-0.1, -0.05) is 17.7 Å². The average molecular weight is 312 g/mol. The van der Waals surface area contributed by atoms with Crippen LogP contribution < -0.4 is 11.3 Å². The zero-order chi connectivity index (χ0) is 15.0. The van der Waals surface area contributed by atoms with Crippen LogP contribution in [0.15, 0.2) is 18.2 Å². The molecule has 5 heteroatoms. The van der Waals surface area contributed by atoms with Gasteiger partial charge in [0.1, 0.15) is 5.82 Å². The van der Waals surface area contributed by atoms with Crippen molar-refractivity contribution in [1.82, 2.24) is 10.3 Å². The average Bonchev–Trinajstić information content (AvgIpc) is 2.70. The molecule has 0 amide bonds. The molecular formula is C16H23ClFN3. The van der Waals surface area contributed by atoms with Crippen molar-refractivity contribution in [2.75, 3.05) is 7.05 Å². The minimum atomic E-state index is -0.366. The summed E-state index contributed by atoms with van der Waals surface area (Å²) in [7, 11) is 2.24. The molecule has 2 aliphatic rings. The van der Waals surface area contributed by atoms with Crippen molar-refractivity contribution < 1.29 is 4.39 Å². The number of hydrogen-bond donors (Lipinski definition) is 2. The lowest BCUT2D eigenvalue weighted by atomic mass is 9.83. The van der Waals surface area contributed by atoms with Crippen molar-refractivity contribution in [2.45, 2.75) is 50.2 Å². The van der Waals surface area contributed by atoms with E-state index in [2.05, 4.69) is 17.4 Å². The zero-order valence-corrected chi connectivity index (χ0v) is 13.1. The van der Waals surface area contributed by atoms with Crippen LogP contribution in [-0.2, 0) is 6.42 Å². The smallest absolute Gasteiger partial charge is 0.141 e. The number of nitrogens with one attached hydrogen (secondary N) is 1. The molecule has 3 atom stereocenters.